The zero-order valence-corrected chi connectivity index (χ0v) is 59.5. The van der Waals surface area contributed by atoms with Crippen LogP contribution in [0.2, 0.25) is 0 Å². The molecule has 0 aliphatic rings. The quantitative estimate of drug-likeness (QED) is 0.0195. The Balaban J connectivity index is 3.93. The summed E-state index contributed by atoms with van der Waals surface area (Å²) in [4.78, 5) is 38.1. The smallest absolute Gasteiger partial charge is 0.306 e. The fraction of sp³-hybridized carbons (Fsp3) is 0.947. The van der Waals surface area contributed by atoms with Gasteiger partial charge in [-0.25, -0.2) is 0 Å². The number of carbonyl (C=O) groups is 2. The number of hydrogen-bond acceptors (Lipinski definition) is 8. The highest BCUT2D eigenvalue weighted by molar-refractivity contribution is 7.45. The largest absolute Gasteiger partial charge is 0.756 e. The van der Waals surface area contributed by atoms with Crippen LogP contribution < -0.4 is 4.89 Å². The molecule has 0 bridgehead atoms. The first-order valence-electron chi connectivity index (χ1n) is 38.4. The van der Waals surface area contributed by atoms with Crippen LogP contribution in [0.15, 0.2) is 12.2 Å². The normalized spacial score (nSPS) is 13.0. The van der Waals surface area contributed by atoms with Crippen molar-refractivity contribution in [2.75, 3.05) is 47.5 Å². The zero-order valence-electron chi connectivity index (χ0n) is 58.6. The van der Waals surface area contributed by atoms with Gasteiger partial charge in [-0.3, -0.25) is 14.2 Å². The molecule has 0 heterocycles. The molecule has 0 saturated carbocycles. The summed E-state index contributed by atoms with van der Waals surface area (Å²) in [6.45, 7) is 4.34. The van der Waals surface area contributed by atoms with Crippen molar-refractivity contribution in [3.8, 4) is 0 Å². The Morgan fingerprint density at radius 2 is 0.593 bits per heavy atom. The molecule has 2 atom stereocenters. The first-order chi connectivity index (χ1) is 42.0. The van der Waals surface area contributed by atoms with Crippen molar-refractivity contribution in [3.63, 3.8) is 0 Å². The Morgan fingerprint density at radius 3 is 0.860 bits per heavy atom. The summed E-state index contributed by atoms with van der Waals surface area (Å²) >= 11 is 0. The third-order valence-electron chi connectivity index (χ3n) is 17.8. The van der Waals surface area contributed by atoms with E-state index in [9.17, 15) is 19.0 Å². The van der Waals surface area contributed by atoms with E-state index in [-0.39, 0.29) is 32.0 Å². The number of phosphoric acid groups is 1. The molecule has 9 nitrogen and oxygen atoms in total. The van der Waals surface area contributed by atoms with Crippen LogP contribution in [0.3, 0.4) is 0 Å². The van der Waals surface area contributed by atoms with Crippen molar-refractivity contribution in [2.24, 2.45) is 0 Å². The second-order valence-corrected chi connectivity index (χ2v) is 29.1. The molecule has 0 N–H and O–H groups in total. The number of unbranched alkanes of at least 4 members (excludes halogenated alkanes) is 57. The third-order valence-corrected chi connectivity index (χ3v) is 18.7. The van der Waals surface area contributed by atoms with Crippen LogP contribution in [0.4, 0.5) is 0 Å². The van der Waals surface area contributed by atoms with E-state index in [4.69, 9.17) is 18.5 Å². The predicted molar refractivity (Wildman–Crippen MR) is 370 cm³/mol. The minimum absolute atomic E-state index is 0.0257. The van der Waals surface area contributed by atoms with Gasteiger partial charge in [-0.1, -0.05) is 373 Å². The van der Waals surface area contributed by atoms with Crippen LogP contribution in [0.25, 0.3) is 0 Å². The molecule has 0 aliphatic heterocycles. The number of rotatable bonds is 73. The lowest BCUT2D eigenvalue weighted by atomic mass is 10.0. The van der Waals surface area contributed by atoms with Crippen molar-refractivity contribution in [1.29, 1.82) is 0 Å². The maximum atomic E-state index is 12.9. The van der Waals surface area contributed by atoms with Gasteiger partial charge in [-0.2, -0.15) is 0 Å². The van der Waals surface area contributed by atoms with Gasteiger partial charge in [0.15, 0.2) is 6.10 Å². The second-order valence-electron chi connectivity index (χ2n) is 27.7. The summed E-state index contributed by atoms with van der Waals surface area (Å²) in [6.07, 6.45) is 84.7. The molecule has 0 rings (SSSR count). The summed E-state index contributed by atoms with van der Waals surface area (Å²) < 4.78 is 34.4. The Morgan fingerprint density at radius 1 is 0.349 bits per heavy atom. The summed E-state index contributed by atoms with van der Waals surface area (Å²) in [5, 5.41) is 0. The Hall–Kier alpha value is -1.25. The molecule has 86 heavy (non-hydrogen) atoms. The lowest BCUT2D eigenvalue weighted by molar-refractivity contribution is -0.870. The number of nitrogens with zero attached hydrogens (tertiary/aromatic N) is 1. The van der Waals surface area contributed by atoms with Gasteiger partial charge in [0.2, 0.25) is 0 Å². The first kappa shape index (κ1) is 84.8. The van der Waals surface area contributed by atoms with E-state index in [1.165, 1.54) is 347 Å². The first-order valence-corrected chi connectivity index (χ1v) is 39.9. The number of ether oxygens (including phenoxy) is 2. The Kier molecular flexibility index (Phi) is 67.1. The van der Waals surface area contributed by atoms with E-state index >= 15 is 0 Å². The lowest BCUT2D eigenvalue weighted by Crippen LogP contribution is -2.37. The van der Waals surface area contributed by atoms with Crippen molar-refractivity contribution >= 4 is 19.8 Å². The van der Waals surface area contributed by atoms with E-state index in [1.807, 2.05) is 21.1 Å². The molecule has 0 amide bonds. The number of phosphoric ester groups is 1. The lowest BCUT2D eigenvalue weighted by Gasteiger charge is -2.28. The number of carbonyl (C=O) groups excluding carboxylic acids is 2. The van der Waals surface area contributed by atoms with Gasteiger partial charge in [0, 0.05) is 12.8 Å². The molecular formula is C76H150NO8P. The summed E-state index contributed by atoms with van der Waals surface area (Å²) in [6, 6.07) is 0. The average molecular weight is 1240 g/mol. The summed E-state index contributed by atoms with van der Waals surface area (Å²) in [5.74, 6) is -0.804. The average Bonchev–Trinajstić information content (AvgIpc) is 3.56. The zero-order chi connectivity index (χ0) is 62.6. The minimum atomic E-state index is -4.64. The molecule has 0 fully saturated rings. The van der Waals surface area contributed by atoms with E-state index < -0.39 is 26.5 Å². The molecule has 0 aromatic rings. The van der Waals surface area contributed by atoms with Gasteiger partial charge in [0.05, 0.1) is 27.7 Å². The maximum absolute atomic E-state index is 12.9. The molecule has 0 aliphatic carbocycles. The highest BCUT2D eigenvalue weighted by Gasteiger charge is 2.22. The Bertz CT molecular complexity index is 1450. The number of esters is 2. The second kappa shape index (κ2) is 68.1. The van der Waals surface area contributed by atoms with E-state index in [2.05, 4.69) is 26.0 Å². The van der Waals surface area contributed by atoms with Crippen LogP contribution in [-0.4, -0.2) is 70.0 Å². The Labute approximate surface area is 537 Å². The van der Waals surface area contributed by atoms with Gasteiger partial charge in [0.25, 0.3) is 7.82 Å². The van der Waals surface area contributed by atoms with Crippen molar-refractivity contribution in [3.05, 3.63) is 12.2 Å². The van der Waals surface area contributed by atoms with Gasteiger partial charge in [0.1, 0.15) is 19.8 Å². The van der Waals surface area contributed by atoms with Crippen molar-refractivity contribution < 1.29 is 42.1 Å². The maximum Gasteiger partial charge on any atom is 0.306 e. The highest BCUT2D eigenvalue weighted by atomic mass is 31.2. The van der Waals surface area contributed by atoms with E-state index in [0.29, 0.717) is 17.4 Å². The monoisotopic (exact) mass is 1240 g/mol. The van der Waals surface area contributed by atoms with Crippen LogP contribution in [0.1, 0.15) is 412 Å². The molecule has 512 valence electrons. The number of likely N-dealkylation sites (N-methyl/N-ethyl adjacent to an activating group) is 1. The van der Waals surface area contributed by atoms with Gasteiger partial charge >= 0.3 is 11.9 Å². The predicted octanol–water partition coefficient (Wildman–Crippen LogP) is 24.4. The summed E-state index contributed by atoms with van der Waals surface area (Å²) in [5.41, 5.74) is 0. The number of quaternary nitrogens is 1. The molecule has 0 saturated heterocycles. The fourth-order valence-corrected chi connectivity index (χ4v) is 12.6. The van der Waals surface area contributed by atoms with Crippen molar-refractivity contribution in [2.45, 2.75) is 418 Å². The van der Waals surface area contributed by atoms with E-state index in [1.54, 1.807) is 0 Å². The molecule has 0 radical (unpaired) electrons. The van der Waals surface area contributed by atoms with E-state index in [0.717, 1.165) is 32.1 Å². The van der Waals surface area contributed by atoms with Crippen LogP contribution >= 0.6 is 7.82 Å². The van der Waals surface area contributed by atoms with Crippen LogP contribution in [-0.2, 0) is 32.7 Å². The molecule has 2 unspecified atom stereocenters. The van der Waals surface area contributed by atoms with Crippen LogP contribution in [0, 0.1) is 0 Å². The number of hydrogen-bond donors (Lipinski definition) is 0. The fourth-order valence-electron chi connectivity index (χ4n) is 11.9. The minimum Gasteiger partial charge on any atom is -0.756 e. The molecule has 0 aromatic heterocycles. The molecular weight excluding hydrogens is 1090 g/mol. The van der Waals surface area contributed by atoms with Gasteiger partial charge in [-0.15, -0.1) is 0 Å². The molecule has 0 spiro atoms. The summed E-state index contributed by atoms with van der Waals surface area (Å²) in [7, 11) is 1.20. The molecule has 10 heteroatoms. The highest BCUT2D eigenvalue weighted by Crippen LogP contribution is 2.38. The van der Waals surface area contributed by atoms with Crippen LogP contribution in [0.5, 0.6) is 0 Å². The van der Waals surface area contributed by atoms with Gasteiger partial charge in [-0.05, 0) is 38.5 Å². The molecule has 0 aromatic carbocycles. The van der Waals surface area contributed by atoms with Gasteiger partial charge < -0.3 is 27.9 Å². The standard InChI is InChI=1S/C76H150NO8P/c1-6-8-10-12-14-16-18-20-22-24-26-28-30-32-34-36-38-40-42-44-46-48-50-52-54-56-58-60-62-64-66-68-75(78)82-72-74(73-84-86(80,81)83-71-70-77(3,4)5)85-76(79)69-67-65-63-61-59-57-55-53-51-49-47-45-43-41-39-37-35-33-31-29-27-25-23-21-19-17-15-13-11-9-7-2/h25,27,74H,6-24,26,28-73H2,1-5H3/b27-25-. The topological polar surface area (TPSA) is 111 Å². The van der Waals surface area contributed by atoms with Crippen molar-refractivity contribution in [1.82, 2.24) is 0 Å². The third kappa shape index (κ3) is 71.8. The number of allylic oxidation sites excluding steroid dienone is 2. The SMILES string of the molecule is CCCCCCCCCC/C=C\CCCCCCCCCCCCCCCCCCCCCC(=O)OC(COC(=O)CCCCCCCCCCCCCCCCCCCCCCCCCCCCCCCCC)COP(=O)([O-])OCC[N+](C)(C)C.